The van der Waals surface area contributed by atoms with E-state index in [2.05, 4.69) is 20.9 Å². The third kappa shape index (κ3) is 7.40. The Hall–Kier alpha value is -1.06. The molecule has 0 aromatic carbocycles. The highest BCUT2D eigenvalue weighted by molar-refractivity contribution is 14.0. The second kappa shape index (κ2) is 11.8. The minimum Gasteiger partial charge on any atom is -0.357 e. The number of hydrogen-bond acceptors (Lipinski definition) is 3. The van der Waals surface area contributed by atoms with Crippen LogP contribution in [0, 0.1) is 5.92 Å². The van der Waals surface area contributed by atoms with Crippen LogP contribution in [-0.4, -0.2) is 60.9 Å². The van der Waals surface area contributed by atoms with Gasteiger partial charge in [0.1, 0.15) is 0 Å². The van der Waals surface area contributed by atoms with Crippen LogP contribution in [0.5, 0.6) is 0 Å². The van der Waals surface area contributed by atoms with Crippen LogP contribution in [-0.2, 0) is 9.59 Å². The molecule has 1 saturated heterocycles. The first-order valence-corrected chi connectivity index (χ1v) is 10.8. The fraction of sp³-hybridized carbons (Fsp3) is 0.850. The predicted molar refractivity (Wildman–Crippen MR) is 122 cm³/mol. The van der Waals surface area contributed by atoms with Crippen molar-refractivity contribution in [2.75, 3.05) is 26.2 Å². The number of nitrogens with one attached hydrogen (secondary N) is 3. The number of nitrogens with zero attached hydrogens (tertiary/aromatic N) is 2. The van der Waals surface area contributed by atoms with Crippen molar-refractivity contribution in [2.24, 2.45) is 10.9 Å². The number of guanidine groups is 1. The molecular formula is C20H36IN5O2. The minimum atomic E-state index is 0. The Morgan fingerprint density at radius 3 is 2.46 bits per heavy atom. The topological polar surface area (TPSA) is 85.8 Å². The van der Waals surface area contributed by atoms with E-state index in [1.54, 1.807) is 0 Å². The van der Waals surface area contributed by atoms with Gasteiger partial charge in [-0.05, 0) is 45.4 Å². The molecule has 7 nitrogen and oxygen atoms in total. The van der Waals surface area contributed by atoms with Crippen LogP contribution in [0.15, 0.2) is 4.99 Å². The van der Waals surface area contributed by atoms with E-state index in [4.69, 9.17) is 0 Å². The lowest BCUT2D eigenvalue weighted by Gasteiger charge is -2.21. The molecule has 3 rings (SSSR count). The summed E-state index contributed by atoms with van der Waals surface area (Å²) in [4.78, 5) is 30.9. The zero-order chi connectivity index (χ0) is 19.1. The Bertz CT molecular complexity index is 547. The van der Waals surface area contributed by atoms with E-state index in [1.165, 1.54) is 12.8 Å². The molecule has 28 heavy (non-hydrogen) atoms. The normalized spacial score (nSPS) is 22.7. The number of likely N-dealkylation sites (tertiary alicyclic amines) is 1. The summed E-state index contributed by atoms with van der Waals surface area (Å²) in [5.74, 6) is 1.54. The predicted octanol–water partition coefficient (Wildman–Crippen LogP) is 2.01. The van der Waals surface area contributed by atoms with Crippen molar-refractivity contribution in [3.63, 3.8) is 0 Å². The van der Waals surface area contributed by atoms with Gasteiger partial charge in [-0.3, -0.25) is 14.6 Å². The zero-order valence-corrected chi connectivity index (χ0v) is 19.4. The molecule has 0 bridgehead atoms. The highest BCUT2D eigenvalue weighted by atomic mass is 127. The lowest BCUT2D eigenvalue weighted by molar-refractivity contribution is -0.134. The monoisotopic (exact) mass is 505 g/mol. The number of rotatable bonds is 8. The zero-order valence-electron chi connectivity index (χ0n) is 17.0. The van der Waals surface area contributed by atoms with Crippen molar-refractivity contribution in [2.45, 2.75) is 76.8 Å². The first kappa shape index (κ1) is 23.2. The molecule has 0 radical (unpaired) electrons. The average molecular weight is 505 g/mol. The summed E-state index contributed by atoms with van der Waals surface area (Å²) in [7, 11) is 0. The van der Waals surface area contributed by atoms with Crippen LogP contribution in [0.2, 0.25) is 0 Å². The van der Waals surface area contributed by atoms with Crippen LogP contribution >= 0.6 is 24.0 Å². The third-order valence-corrected chi connectivity index (χ3v) is 5.66. The Labute approximate surface area is 185 Å². The highest BCUT2D eigenvalue weighted by Gasteiger charge is 2.32. The lowest BCUT2D eigenvalue weighted by atomic mass is 10.1. The van der Waals surface area contributed by atoms with Crippen molar-refractivity contribution >= 4 is 41.8 Å². The number of hydrogen-bond donors (Lipinski definition) is 3. The molecule has 1 aliphatic heterocycles. The molecule has 0 aromatic rings. The maximum Gasteiger partial charge on any atom is 0.225 e. The molecule has 0 spiro atoms. The van der Waals surface area contributed by atoms with E-state index < -0.39 is 0 Å². The second-order valence-corrected chi connectivity index (χ2v) is 8.10. The van der Waals surface area contributed by atoms with Gasteiger partial charge in [-0.15, -0.1) is 24.0 Å². The SMILES string of the molecule is CCNC(=NCCCC(=O)NC1CC1)NC1CCN(C(=O)C2CCCC2)C1.I. The van der Waals surface area contributed by atoms with Gasteiger partial charge in [0.2, 0.25) is 11.8 Å². The minimum absolute atomic E-state index is 0. The molecule has 160 valence electrons. The van der Waals surface area contributed by atoms with E-state index in [9.17, 15) is 9.59 Å². The van der Waals surface area contributed by atoms with Gasteiger partial charge in [0, 0.05) is 50.6 Å². The van der Waals surface area contributed by atoms with E-state index in [-0.39, 0.29) is 41.8 Å². The molecule has 3 aliphatic rings. The summed E-state index contributed by atoms with van der Waals surface area (Å²) in [6.07, 6.45) is 9.02. The number of carbonyl (C=O) groups is 2. The summed E-state index contributed by atoms with van der Waals surface area (Å²) >= 11 is 0. The molecule has 1 atom stereocenters. The van der Waals surface area contributed by atoms with Crippen LogP contribution in [0.25, 0.3) is 0 Å². The lowest BCUT2D eigenvalue weighted by Crippen LogP contribution is -2.45. The number of amides is 2. The van der Waals surface area contributed by atoms with Gasteiger partial charge in [0.05, 0.1) is 0 Å². The van der Waals surface area contributed by atoms with Gasteiger partial charge in [0.15, 0.2) is 5.96 Å². The smallest absolute Gasteiger partial charge is 0.225 e. The first-order valence-electron chi connectivity index (χ1n) is 10.8. The van der Waals surface area contributed by atoms with Crippen LogP contribution < -0.4 is 16.0 Å². The van der Waals surface area contributed by atoms with Crippen molar-refractivity contribution < 1.29 is 9.59 Å². The Kier molecular flexibility index (Phi) is 9.81. The van der Waals surface area contributed by atoms with Crippen LogP contribution in [0.1, 0.15) is 64.7 Å². The van der Waals surface area contributed by atoms with E-state index in [0.717, 1.165) is 64.1 Å². The number of aliphatic imine (C=N–C) groups is 1. The Morgan fingerprint density at radius 2 is 1.79 bits per heavy atom. The largest absolute Gasteiger partial charge is 0.357 e. The molecule has 2 amide bonds. The number of carbonyl (C=O) groups excluding carboxylic acids is 2. The quantitative estimate of drug-likeness (QED) is 0.204. The van der Waals surface area contributed by atoms with Gasteiger partial charge in [-0.25, -0.2) is 0 Å². The molecule has 0 aromatic heterocycles. The van der Waals surface area contributed by atoms with Crippen molar-refractivity contribution in [3.05, 3.63) is 0 Å². The molecule has 1 heterocycles. The Morgan fingerprint density at radius 1 is 1.04 bits per heavy atom. The van der Waals surface area contributed by atoms with Gasteiger partial charge in [-0.1, -0.05) is 12.8 Å². The summed E-state index contributed by atoms with van der Waals surface area (Å²) in [5.41, 5.74) is 0. The molecule has 8 heteroatoms. The van der Waals surface area contributed by atoms with Gasteiger partial charge in [-0.2, -0.15) is 0 Å². The second-order valence-electron chi connectivity index (χ2n) is 8.10. The maximum atomic E-state index is 12.6. The van der Waals surface area contributed by atoms with Crippen LogP contribution in [0.3, 0.4) is 0 Å². The number of halogens is 1. The van der Waals surface area contributed by atoms with Gasteiger partial charge in [0.25, 0.3) is 0 Å². The molecule has 3 fully saturated rings. The van der Waals surface area contributed by atoms with Crippen molar-refractivity contribution in [3.8, 4) is 0 Å². The summed E-state index contributed by atoms with van der Waals surface area (Å²) < 4.78 is 0. The molecule has 2 aliphatic carbocycles. The Balaban J connectivity index is 0.00000280. The van der Waals surface area contributed by atoms with Crippen molar-refractivity contribution in [1.29, 1.82) is 0 Å². The molecule has 3 N–H and O–H groups in total. The van der Waals surface area contributed by atoms with Crippen LogP contribution in [0.4, 0.5) is 0 Å². The molecule has 2 saturated carbocycles. The summed E-state index contributed by atoms with van der Waals surface area (Å²) in [6.45, 7) is 5.08. The van der Waals surface area contributed by atoms with Gasteiger partial charge < -0.3 is 20.9 Å². The fourth-order valence-corrected chi connectivity index (χ4v) is 3.98. The molecular weight excluding hydrogens is 469 g/mol. The first-order chi connectivity index (χ1) is 13.2. The standard InChI is InChI=1S/C20H35N5O2.HI/c1-2-21-20(22-12-5-8-18(26)23-16-9-10-16)24-17-11-13-25(14-17)19(27)15-6-3-4-7-15;/h15-17H,2-14H2,1H3,(H,23,26)(H2,21,22,24);1H. The fourth-order valence-electron chi connectivity index (χ4n) is 3.98. The van der Waals surface area contributed by atoms with Crippen molar-refractivity contribution in [1.82, 2.24) is 20.9 Å². The third-order valence-electron chi connectivity index (χ3n) is 5.66. The van der Waals surface area contributed by atoms with E-state index in [0.29, 0.717) is 24.9 Å². The average Bonchev–Trinajstić information content (AvgIpc) is 3.13. The van der Waals surface area contributed by atoms with E-state index in [1.807, 2.05) is 11.8 Å². The maximum absolute atomic E-state index is 12.6. The highest BCUT2D eigenvalue weighted by Crippen LogP contribution is 2.27. The summed E-state index contributed by atoms with van der Waals surface area (Å²) in [5, 5.41) is 9.75. The van der Waals surface area contributed by atoms with E-state index >= 15 is 0 Å². The molecule has 1 unspecified atom stereocenters. The van der Waals surface area contributed by atoms with Gasteiger partial charge >= 0.3 is 0 Å². The summed E-state index contributed by atoms with van der Waals surface area (Å²) in [6, 6.07) is 0.684.